The zero-order valence-electron chi connectivity index (χ0n) is 14.9. The molecule has 3 heterocycles. The highest BCUT2D eigenvalue weighted by Crippen LogP contribution is 2.35. The van der Waals surface area contributed by atoms with Gasteiger partial charge in [-0.05, 0) is 43.7 Å². The topological polar surface area (TPSA) is 65.7 Å². The zero-order chi connectivity index (χ0) is 17.3. The van der Waals surface area contributed by atoms with E-state index in [0.717, 1.165) is 70.9 Å². The van der Waals surface area contributed by atoms with Gasteiger partial charge in [-0.3, -0.25) is 9.69 Å². The molecule has 1 amide bonds. The van der Waals surface area contributed by atoms with Gasteiger partial charge in [-0.25, -0.2) is 4.98 Å². The van der Waals surface area contributed by atoms with Gasteiger partial charge in [0.2, 0.25) is 5.91 Å². The van der Waals surface area contributed by atoms with E-state index in [1.54, 1.807) is 0 Å². The molecule has 25 heavy (non-hydrogen) atoms. The predicted molar refractivity (Wildman–Crippen MR) is 98.3 cm³/mol. The number of likely N-dealkylation sites (tertiary alicyclic amines) is 1. The van der Waals surface area contributed by atoms with Crippen LogP contribution >= 0.6 is 0 Å². The summed E-state index contributed by atoms with van der Waals surface area (Å²) in [6, 6.07) is 6.09. The van der Waals surface area contributed by atoms with E-state index in [0.29, 0.717) is 5.92 Å². The van der Waals surface area contributed by atoms with Gasteiger partial charge in [0.05, 0.1) is 5.54 Å². The van der Waals surface area contributed by atoms with Crippen LogP contribution in [0.1, 0.15) is 25.7 Å². The molecule has 2 aliphatic heterocycles. The number of pyridine rings is 1. The molecule has 4 rings (SSSR count). The van der Waals surface area contributed by atoms with Crippen LogP contribution in [0.4, 0.5) is 5.82 Å². The minimum atomic E-state index is -0.518. The fraction of sp³-hybridized carbons (Fsp3) is 0.684. The molecule has 1 unspecified atom stereocenters. The summed E-state index contributed by atoms with van der Waals surface area (Å²) >= 11 is 0. The smallest absolute Gasteiger partial charge is 0.242 e. The molecule has 1 atom stereocenters. The van der Waals surface area contributed by atoms with Crippen molar-refractivity contribution in [2.75, 3.05) is 50.7 Å². The maximum Gasteiger partial charge on any atom is 0.242 e. The zero-order valence-corrected chi connectivity index (χ0v) is 14.9. The quantitative estimate of drug-likeness (QED) is 0.881. The van der Waals surface area contributed by atoms with Crippen molar-refractivity contribution in [3.63, 3.8) is 0 Å². The number of rotatable bonds is 4. The summed E-state index contributed by atoms with van der Waals surface area (Å²) < 4.78 is 0. The number of hydrogen-bond donors (Lipinski definition) is 1. The van der Waals surface area contributed by atoms with E-state index in [2.05, 4.69) is 20.9 Å². The van der Waals surface area contributed by atoms with Crippen molar-refractivity contribution in [2.24, 2.45) is 11.7 Å². The van der Waals surface area contributed by atoms with E-state index in [1.165, 1.54) is 6.42 Å². The number of nitrogens with two attached hydrogens (primary N) is 1. The molecular formula is C19H29N5O. The first-order valence-corrected chi connectivity index (χ1v) is 9.61. The first kappa shape index (κ1) is 16.8. The first-order valence-electron chi connectivity index (χ1n) is 9.61. The van der Waals surface area contributed by atoms with Crippen LogP contribution in [0.2, 0.25) is 0 Å². The summed E-state index contributed by atoms with van der Waals surface area (Å²) in [6.07, 6.45) is 5.92. The van der Waals surface area contributed by atoms with Crippen LogP contribution in [0.15, 0.2) is 24.4 Å². The molecule has 3 fully saturated rings. The fourth-order valence-corrected chi connectivity index (χ4v) is 4.13. The summed E-state index contributed by atoms with van der Waals surface area (Å²) in [5.41, 5.74) is 5.59. The third kappa shape index (κ3) is 3.80. The number of carbonyl (C=O) groups excluding carboxylic acids is 1. The van der Waals surface area contributed by atoms with Gasteiger partial charge in [-0.2, -0.15) is 0 Å². The Morgan fingerprint density at radius 3 is 2.68 bits per heavy atom. The summed E-state index contributed by atoms with van der Waals surface area (Å²) in [4.78, 5) is 23.9. The highest BCUT2D eigenvalue weighted by molar-refractivity contribution is 5.89. The molecule has 6 nitrogen and oxygen atoms in total. The highest BCUT2D eigenvalue weighted by atomic mass is 16.2. The molecular weight excluding hydrogens is 314 g/mol. The van der Waals surface area contributed by atoms with Crippen LogP contribution in [-0.2, 0) is 4.79 Å². The van der Waals surface area contributed by atoms with E-state index in [9.17, 15) is 4.79 Å². The van der Waals surface area contributed by atoms with E-state index in [4.69, 9.17) is 5.73 Å². The Morgan fingerprint density at radius 1 is 1.20 bits per heavy atom. The molecule has 1 saturated carbocycles. The third-order valence-electron chi connectivity index (χ3n) is 5.88. The van der Waals surface area contributed by atoms with Crippen molar-refractivity contribution in [3.8, 4) is 0 Å². The molecule has 1 aromatic heterocycles. The number of piperidine rings is 1. The highest BCUT2D eigenvalue weighted by Gasteiger charge is 2.48. The molecule has 0 spiro atoms. The van der Waals surface area contributed by atoms with Gasteiger partial charge in [0.1, 0.15) is 5.82 Å². The average molecular weight is 343 g/mol. The molecule has 2 saturated heterocycles. The van der Waals surface area contributed by atoms with E-state index in [-0.39, 0.29) is 5.91 Å². The van der Waals surface area contributed by atoms with E-state index >= 15 is 0 Å². The van der Waals surface area contributed by atoms with Crippen molar-refractivity contribution in [1.29, 1.82) is 0 Å². The number of piperazine rings is 1. The maximum atomic E-state index is 12.5. The molecule has 6 heteroatoms. The van der Waals surface area contributed by atoms with Crippen molar-refractivity contribution in [2.45, 2.75) is 31.2 Å². The minimum Gasteiger partial charge on any atom is -0.354 e. The van der Waals surface area contributed by atoms with Gasteiger partial charge in [-0.15, -0.1) is 0 Å². The van der Waals surface area contributed by atoms with Gasteiger partial charge < -0.3 is 15.5 Å². The number of aromatic nitrogens is 1. The lowest BCUT2D eigenvalue weighted by atomic mass is 9.96. The van der Waals surface area contributed by atoms with Gasteiger partial charge >= 0.3 is 0 Å². The SMILES string of the molecule is NC1(C(=O)N2CCCC(CN3CCN(c4ccccn4)CC3)C2)CC1. The Bertz CT molecular complexity index is 595. The van der Waals surface area contributed by atoms with E-state index in [1.807, 2.05) is 23.2 Å². The maximum absolute atomic E-state index is 12.5. The minimum absolute atomic E-state index is 0.192. The number of hydrogen-bond acceptors (Lipinski definition) is 5. The molecule has 0 bridgehead atoms. The second kappa shape index (κ2) is 6.92. The van der Waals surface area contributed by atoms with Crippen LogP contribution < -0.4 is 10.6 Å². The fourth-order valence-electron chi connectivity index (χ4n) is 4.13. The first-order chi connectivity index (χ1) is 12.1. The molecule has 0 radical (unpaired) electrons. The monoisotopic (exact) mass is 343 g/mol. The van der Waals surface area contributed by atoms with Crippen molar-refractivity contribution < 1.29 is 4.79 Å². The number of carbonyl (C=O) groups is 1. The Labute approximate surface area is 150 Å². The largest absolute Gasteiger partial charge is 0.354 e. The predicted octanol–water partition coefficient (Wildman–Crippen LogP) is 0.934. The number of amides is 1. The third-order valence-corrected chi connectivity index (χ3v) is 5.88. The molecule has 1 aliphatic carbocycles. The molecule has 3 aliphatic rings. The molecule has 2 N–H and O–H groups in total. The summed E-state index contributed by atoms with van der Waals surface area (Å²) in [5, 5.41) is 0. The van der Waals surface area contributed by atoms with Crippen LogP contribution in [0.25, 0.3) is 0 Å². The Morgan fingerprint density at radius 2 is 2.00 bits per heavy atom. The van der Waals surface area contributed by atoms with E-state index < -0.39 is 5.54 Å². The van der Waals surface area contributed by atoms with Crippen LogP contribution in [-0.4, -0.2) is 72.0 Å². The van der Waals surface area contributed by atoms with Crippen molar-refractivity contribution in [3.05, 3.63) is 24.4 Å². The standard InChI is InChI=1S/C19H29N5O/c20-19(6-7-19)18(25)24-9-3-4-16(15-24)14-22-10-12-23(13-11-22)17-5-1-2-8-21-17/h1-2,5,8,16H,3-4,6-7,9-15,20H2. The summed E-state index contributed by atoms with van der Waals surface area (Å²) in [7, 11) is 0. The second-order valence-corrected chi connectivity index (χ2v) is 7.89. The van der Waals surface area contributed by atoms with Crippen LogP contribution in [0.3, 0.4) is 0 Å². The number of anilines is 1. The van der Waals surface area contributed by atoms with Crippen LogP contribution in [0, 0.1) is 5.92 Å². The van der Waals surface area contributed by atoms with Gasteiger partial charge in [0.25, 0.3) is 0 Å². The van der Waals surface area contributed by atoms with Crippen LogP contribution in [0.5, 0.6) is 0 Å². The van der Waals surface area contributed by atoms with Crippen molar-refractivity contribution >= 4 is 11.7 Å². The lowest BCUT2D eigenvalue weighted by molar-refractivity contribution is -0.135. The molecule has 0 aromatic carbocycles. The molecule has 1 aromatic rings. The Balaban J connectivity index is 1.26. The van der Waals surface area contributed by atoms with Gasteiger partial charge in [0.15, 0.2) is 0 Å². The summed E-state index contributed by atoms with van der Waals surface area (Å²) in [6.45, 7) is 7.07. The van der Waals surface area contributed by atoms with Gasteiger partial charge in [0, 0.05) is 52.0 Å². The summed E-state index contributed by atoms with van der Waals surface area (Å²) in [5.74, 6) is 1.85. The lowest BCUT2D eigenvalue weighted by Crippen LogP contribution is -2.53. The second-order valence-electron chi connectivity index (χ2n) is 7.89. The normalized spacial score (nSPS) is 26.5. The average Bonchev–Trinajstić information content (AvgIpc) is 3.41. The molecule has 136 valence electrons. The van der Waals surface area contributed by atoms with Gasteiger partial charge in [-0.1, -0.05) is 6.07 Å². The Kier molecular flexibility index (Phi) is 4.65. The Hall–Kier alpha value is -1.66. The lowest BCUT2D eigenvalue weighted by Gasteiger charge is -2.40. The number of nitrogens with zero attached hydrogens (tertiary/aromatic N) is 4. The van der Waals surface area contributed by atoms with Crippen molar-refractivity contribution in [1.82, 2.24) is 14.8 Å².